The van der Waals surface area contributed by atoms with Crippen LogP contribution in [-0.2, 0) is 26.6 Å². The number of aryl methyl sites for hydroxylation is 1. The number of rotatable bonds is 8. The Hall–Kier alpha value is -4.07. The van der Waals surface area contributed by atoms with Crippen molar-refractivity contribution in [1.82, 2.24) is 20.5 Å². The number of anilines is 1. The van der Waals surface area contributed by atoms with Gasteiger partial charge >= 0.3 is 5.82 Å². The zero-order valence-corrected chi connectivity index (χ0v) is 18.6. The van der Waals surface area contributed by atoms with Crippen molar-refractivity contribution in [3.05, 3.63) is 95.3 Å². The molecule has 0 aliphatic heterocycles. The van der Waals surface area contributed by atoms with E-state index in [4.69, 9.17) is 0 Å². The quantitative estimate of drug-likeness (QED) is 0.362. The number of pyridine rings is 1. The van der Waals surface area contributed by atoms with Crippen LogP contribution >= 0.6 is 0 Å². The van der Waals surface area contributed by atoms with Crippen molar-refractivity contribution in [3.8, 4) is 11.4 Å². The fourth-order valence-corrected chi connectivity index (χ4v) is 3.66. The number of aromatic nitrogens is 4. The summed E-state index contributed by atoms with van der Waals surface area (Å²) < 4.78 is 15.9. The lowest BCUT2D eigenvalue weighted by molar-refractivity contribution is -0.668. The Balaban J connectivity index is 1.41. The van der Waals surface area contributed by atoms with E-state index in [-0.39, 0.29) is 5.91 Å². The van der Waals surface area contributed by atoms with Crippen LogP contribution in [0.25, 0.3) is 11.4 Å². The van der Waals surface area contributed by atoms with E-state index in [9.17, 15) is 9.18 Å². The lowest BCUT2D eigenvalue weighted by atomic mass is 10.1. The van der Waals surface area contributed by atoms with Crippen molar-refractivity contribution in [3.63, 3.8) is 0 Å². The van der Waals surface area contributed by atoms with Crippen LogP contribution in [0.3, 0.4) is 0 Å². The average Bonchev–Trinajstić information content (AvgIpc) is 3.21. The van der Waals surface area contributed by atoms with E-state index in [1.165, 1.54) is 18.0 Å². The Bertz CT molecular complexity index is 1270. The van der Waals surface area contributed by atoms with Crippen LogP contribution < -0.4 is 15.2 Å². The number of nitrogens with one attached hydrogen (secondary N) is 3. The number of nitrogens with zero attached hydrogens (tertiary/aromatic N) is 3. The van der Waals surface area contributed by atoms with Crippen molar-refractivity contribution in [2.24, 2.45) is 7.05 Å². The molecule has 2 aromatic carbocycles. The first-order valence-electron chi connectivity index (χ1n) is 10.8. The van der Waals surface area contributed by atoms with Crippen LogP contribution in [0, 0.1) is 5.82 Å². The molecule has 2 heterocycles. The van der Waals surface area contributed by atoms with E-state index in [0.29, 0.717) is 30.0 Å². The molecule has 0 radical (unpaired) electrons. The van der Waals surface area contributed by atoms with Crippen LogP contribution in [0.4, 0.5) is 10.1 Å². The zero-order valence-electron chi connectivity index (χ0n) is 18.6. The van der Waals surface area contributed by atoms with Gasteiger partial charge in [0.25, 0.3) is 11.7 Å². The predicted octanol–water partition coefficient (Wildman–Crippen LogP) is 3.54. The molecule has 0 spiro atoms. The van der Waals surface area contributed by atoms with Crippen molar-refractivity contribution < 1.29 is 13.8 Å². The molecular weight excluding hydrogens is 419 g/mol. The minimum Gasteiger partial charge on any atom is -0.375 e. The van der Waals surface area contributed by atoms with Gasteiger partial charge in [0.1, 0.15) is 6.54 Å². The summed E-state index contributed by atoms with van der Waals surface area (Å²) in [5.74, 6) is 0.672. The molecular formula is C25H26FN6O+. The van der Waals surface area contributed by atoms with Crippen LogP contribution in [0.5, 0.6) is 0 Å². The number of halogens is 1. The maximum atomic E-state index is 14.1. The molecule has 0 fully saturated rings. The monoisotopic (exact) mass is 445 g/mol. The van der Waals surface area contributed by atoms with Gasteiger partial charge in [-0.3, -0.25) is 9.78 Å². The van der Waals surface area contributed by atoms with Crippen molar-refractivity contribution in [2.75, 3.05) is 5.32 Å². The van der Waals surface area contributed by atoms with Gasteiger partial charge in [0.05, 0.1) is 18.8 Å². The molecule has 3 N–H and O–H groups in total. The summed E-state index contributed by atoms with van der Waals surface area (Å²) in [4.78, 5) is 16.5. The Morgan fingerprint density at radius 1 is 1.09 bits per heavy atom. The Labute approximate surface area is 191 Å². The van der Waals surface area contributed by atoms with Crippen LogP contribution in [0.15, 0.2) is 67.0 Å². The molecule has 0 saturated heterocycles. The summed E-state index contributed by atoms with van der Waals surface area (Å²) in [6.45, 7) is 3.01. The van der Waals surface area contributed by atoms with Crippen LogP contribution in [0.1, 0.15) is 34.2 Å². The first-order valence-corrected chi connectivity index (χ1v) is 10.8. The van der Waals surface area contributed by atoms with Gasteiger partial charge in [-0.2, -0.15) is 0 Å². The second-order valence-electron chi connectivity index (χ2n) is 7.65. The number of H-pyrrole nitrogens is 1. The van der Waals surface area contributed by atoms with Gasteiger partial charge in [0.15, 0.2) is 5.82 Å². The standard InChI is InChI=1S/C25H25FN6O/c1-3-17-7-4-5-8-19(17)14-29-25(33)18-9-6-10-20(13-18)28-16-23-30-31-24(32(23)2)21-11-12-27-15-22(21)26/h4-13,15,28H,3,14,16H2,1-2H3,(H,29,33)/p+1. The molecule has 0 aliphatic rings. The first kappa shape index (κ1) is 22.1. The van der Waals surface area contributed by atoms with Gasteiger partial charge in [-0.05, 0) is 41.8 Å². The number of hydrogen-bond acceptors (Lipinski definition) is 4. The number of amides is 1. The second-order valence-corrected chi connectivity index (χ2v) is 7.65. The molecule has 33 heavy (non-hydrogen) atoms. The van der Waals surface area contributed by atoms with Gasteiger partial charge in [-0.1, -0.05) is 37.3 Å². The normalized spacial score (nSPS) is 10.8. The van der Waals surface area contributed by atoms with Gasteiger partial charge in [-0.25, -0.2) is 8.96 Å². The molecule has 7 nitrogen and oxygen atoms in total. The van der Waals surface area contributed by atoms with E-state index in [1.54, 1.807) is 22.8 Å². The summed E-state index contributed by atoms with van der Waals surface area (Å²) in [6.07, 6.45) is 3.62. The topological polar surface area (TPSA) is 86.6 Å². The lowest BCUT2D eigenvalue weighted by Crippen LogP contribution is -2.35. The van der Waals surface area contributed by atoms with Gasteiger partial charge in [0, 0.05) is 29.1 Å². The molecule has 0 saturated carbocycles. The summed E-state index contributed by atoms with van der Waals surface area (Å²) in [5.41, 5.74) is 4.09. The van der Waals surface area contributed by atoms with Gasteiger partial charge in [0.2, 0.25) is 0 Å². The highest BCUT2D eigenvalue weighted by atomic mass is 19.1. The SMILES string of the molecule is CCc1ccccc1CNC(=O)c1cccc(NCc2[nH]nc(-c3ccncc3F)[n+]2C)c1. The third kappa shape index (κ3) is 5.06. The number of aromatic amines is 1. The third-order valence-corrected chi connectivity index (χ3v) is 5.55. The second kappa shape index (κ2) is 10.0. The Morgan fingerprint density at radius 3 is 2.70 bits per heavy atom. The number of carbonyl (C=O) groups is 1. The highest BCUT2D eigenvalue weighted by Gasteiger charge is 2.21. The molecule has 168 valence electrons. The average molecular weight is 446 g/mol. The highest BCUT2D eigenvalue weighted by Crippen LogP contribution is 2.17. The lowest BCUT2D eigenvalue weighted by Gasteiger charge is -2.10. The summed E-state index contributed by atoms with van der Waals surface area (Å²) in [7, 11) is 1.81. The molecule has 8 heteroatoms. The highest BCUT2D eigenvalue weighted by molar-refractivity contribution is 5.95. The molecule has 0 atom stereocenters. The molecule has 2 aromatic heterocycles. The minimum absolute atomic E-state index is 0.132. The largest absolute Gasteiger partial charge is 0.375 e. The van der Waals surface area contributed by atoms with E-state index < -0.39 is 5.82 Å². The van der Waals surface area contributed by atoms with Gasteiger partial charge in [-0.15, -0.1) is 5.10 Å². The first-order chi connectivity index (χ1) is 16.1. The van der Waals surface area contributed by atoms with Crippen molar-refractivity contribution in [1.29, 1.82) is 0 Å². The number of benzene rings is 2. The maximum absolute atomic E-state index is 14.1. The zero-order chi connectivity index (χ0) is 23.2. The smallest absolute Gasteiger partial charge is 0.311 e. The maximum Gasteiger partial charge on any atom is 0.311 e. The van der Waals surface area contributed by atoms with Crippen molar-refractivity contribution >= 4 is 11.6 Å². The fraction of sp³-hybridized carbons (Fsp3) is 0.200. The summed E-state index contributed by atoms with van der Waals surface area (Å²) >= 11 is 0. The molecule has 1 amide bonds. The molecule has 0 unspecified atom stereocenters. The summed E-state index contributed by atoms with van der Waals surface area (Å²) in [6, 6.07) is 17.0. The third-order valence-electron chi connectivity index (χ3n) is 5.55. The molecule has 0 bridgehead atoms. The van der Waals surface area contributed by atoms with E-state index in [2.05, 4.69) is 38.8 Å². The Morgan fingerprint density at radius 2 is 1.91 bits per heavy atom. The van der Waals surface area contributed by atoms with E-state index in [1.807, 2.05) is 37.4 Å². The van der Waals surface area contributed by atoms with E-state index >= 15 is 0 Å². The number of hydrogen-bond donors (Lipinski definition) is 3. The van der Waals surface area contributed by atoms with Crippen molar-refractivity contribution in [2.45, 2.75) is 26.4 Å². The Kier molecular flexibility index (Phi) is 6.73. The fourth-order valence-electron chi connectivity index (χ4n) is 3.66. The minimum atomic E-state index is -0.431. The van der Waals surface area contributed by atoms with Crippen LogP contribution in [-0.4, -0.2) is 21.1 Å². The predicted molar refractivity (Wildman–Crippen MR) is 124 cm³/mol. The molecule has 0 aliphatic carbocycles. The molecule has 4 aromatic rings. The number of carbonyl (C=O) groups excluding carboxylic acids is 1. The summed E-state index contributed by atoms with van der Waals surface area (Å²) in [5, 5.41) is 13.5. The molecule has 4 rings (SSSR count). The van der Waals surface area contributed by atoms with Crippen LogP contribution in [0.2, 0.25) is 0 Å². The van der Waals surface area contributed by atoms with Gasteiger partial charge < -0.3 is 10.6 Å². The van der Waals surface area contributed by atoms with E-state index in [0.717, 1.165) is 23.5 Å².